The number of amides is 1. The van der Waals surface area contributed by atoms with Crippen LogP contribution in [-0.4, -0.2) is 49.5 Å². The molecule has 0 saturated heterocycles. The monoisotopic (exact) mass is 282 g/mol. The molecule has 1 amide bonds. The summed E-state index contributed by atoms with van der Waals surface area (Å²) in [6.45, 7) is 6.65. The molecule has 0 spiro atoms. The molecule has 0 aromatic heterocycles. The average Bonchev–Trinajstić information content (AvgIpc) is 2.34. The number of nitrogens with one attached hydrogen (secondary N) is 2. The van der Waals surface area contributed by atoms with Gasteiger partial charge >= 0.3 is 0 Å². The Balaban J connectivity index is 2.58. The summed E-state index contributed by atoms with van der Waals surface area (Å²) in [5.41, 5.74) is 0. The summed E-state index contributed by atoms with van der Waals surface area (Å²) >= 11 is 0. The topological polar surface area (TPSA) is 56.7 Å². The van der Waals surface area contributed by atoms with Crippen molar-refractivity contribution in [2.24, 2.45) is 10.9 Å². The molecule has 5 nitrogen and oxygen atoms in total. The van der Waals surface area contributed by atoms with Gasteiger partial charge in [-0.05, 0) is 32.6 Å². The van der Waals surface area contributed by atoms with Crippen molar-refractivity contribution < 1.29 is 4.79 Å². The molecule has 0 aromatic carbocycles. The predicted molar refractivity (Wildman–Crippen MR) is 83.8 cm³/mol. The third-order valence-corrected chi connectivity index (χ3v) is 3.57. The van der Waals surface area contributed by atoms with Crippen molar-refractivity contribution in [2.75, 3.05) is 20.6 Å². The lowest BCUT2D eigenvalue weighted by atomic mass is 9.87. The van der Waals surface area contributed by atoms with Gasteiger partial charge in [-0.25, -0.2) is 4.99 Å². The van der Waals surface area contributed by atoms with Crippen molar-refractivity contribution >= 4 is 11.9 Å². The highest BCUT2D eigenvalue weighted by Crippen LogP contribution is 2.23. The molecule has 2 atom stereocenters. The Bertz CT molecular complexity index is 339. The second-order valence-corrected chi connectivity index (χ2v) is 6.37. The van der Waals surface area contributed by atoms with E-state index in [-0.39, 0.29) is 12.5 Å². The summed E-state index contributed by atoms with van der Waals surface area (Å²) in [7, 11) is 3.51. The number of nitrogens with zero attached hydrogens (tertiary/aromatic N) is 2. The van der Waals surface area contributed by atoms with E-state index >= 15 is 0 Å². The van der Waals surface area contributed by atoms with Crippen LogP contribution in [0, 0.1) is 5.92 Å². The molecule has 0 aromatic rings. The van der Waals surface area contributed by atoms with Crippen LogP contribution in [0.5, 0.6) is 0 Å². The van der Waals surface area contributed by atoms with Gasteiger partial charge in [-0.3, -0.25) is 4.79 Å². The van der Waals surface area contributed by atoms with Crippen molar-refractivity contribution in [3.8, 4) is 0 Å². The summed E-state index contributed by atoms with van der Waals surface area (Å²) in [6.07, 6.45) is 4.96. The number of guanidine groups is 1. The number of carbonyl (C=O) groups excluding carboxylic acids is 1. The van der Waals surface area contributed by atoms with Crippen LogP contribution in [0.2, 0.25) is 0 Å². The van der Waals surface area contributed by atoms with Gasteiger partial charge in [0.15, 0.2) is 5.96 Å². The van der Waals surface area contributed by atoms with Gasteiger partial charge in [0.2, 0.25) is 5.91 Å². The summed E-state index contributed by atoms with van der Waals surface area (Å²) < 4.78 is 0. The molecule has 1 fully saturated rings. The Morgan fingerprint density at radius 3 is 2.60 bits per heavy atom. The highest BCUT2D eigenvalue weighted by atomic mass is 16.2. The zero-order chi connectivity index (χ0) is 15.1. The molecule has 1 aliphatic carbocycles. The van der Waals surface area contributed by atoms with Gasteiger partial charge < -0.3 is 15.5 Å². The van der Waals surface area contributed by atoms with Gasteiger partial charge in [0.1, 0.15) is 6.54 Å². The molecule has 2 N–H and O–H groups in total. The van der Waals surface area contributed by atoms with Gasteiger partial charge in [0.05, 0.1) is 0 Å². The normalized spacial score (nSPS) is 23.6. The fraction of sp³-hybridized carbons (Fsp3) is 0.867. The highest BCUT2D eigenvalue weighted by Gasteiger charge is 2.20. The molecule has 0 bridgehead atoms. The summed E-state index contributed by atoms with van der Waals surface area (Å²) in [4.78, 5) is 17.6. The van der Waals surface area contributed by atoms with E-state index in [0.29, 0.717) is 12.1 Å². The highest BCUT2D eigenvalue weighted by molar-refractivity contribution is 5.85. The van der Waals surface area contributed by atoms with Crippen LogP contribution < -0.4 is 10.6 Å². The number of aliphatic imine (C=N–C) groups is 1. The first-order valence-corrected chi connectivity index (χ1v) is 7.66. The zero-order valence-corrected chi connectivity index (χ0v) is 13.6. The minimum absolute atomic E-state index is 0.0202. The van der Waals surface area contributed by atoms with Crippen LogP contribution >= 0.6 is 0 Å². The van der Waals surface area contributed by atoms with E-state index in [1.165, 1.54) is 25.7 Å². The maximum absolute atomic E-state index is 11.6. The number of likely N-dealkylation sites (N-methyl/N-ethyl adjacent to an activating group) is 1. The molecule has 2 unspecified atom stereocenters. The largest absolute Gasteiger partial charge is 0.354 e. The molecular formula is C15H30N4O. The molecule has 1 aliphatic rings. The Morgan fingerprint density at radius 1 is 1.35 bits per heavy atom. The second-order valence-electron chi connectivity index (χ2n) is 6.37. The van der Waals surface area contributed by atoms with E-state index in [2.05, 4.69) is 36.4 Å². The van der Waals surface area contributed by atoms with Crippen molar-refractivity contribution in [1.29, 1.82) is 0 Å². The predicted octanol–water partition coefficient (Wildman–Crippen LogP) is 1.60. The zero-order valence-electron chi connectivity index (χ0n) is 13.6. The van der Waals surface area contributed by atoms with Crippen molar-refractivity contribution in [1.82, 2.24) is 15.5 Å². The molecule has 116 valence electrons. The van der Waals surface area contributed by atoms with E-state index in [1.54, 1.807) is 19.0 Å². The quantitative estimate of drug-likeness (QED) is 0.608. The third kappa shape index (κ3) is 6.26. The number of carbonyl (C=O) groups is 1. The summed E-state index contributed by atoms with van der Waals surface area (Å²) in [6, 6.07) is 0.773. The molecular weight excluding hydrogens is 252 g/mol. The molecule has 20 heavy (non-hydrogen) atoms. The van der Waals surface area contributed by atoms with Gasteiger partial charge in [0, 0.05) is 26.2 Å². The first kappa shape index (κ1) is 16.8. The maximum Gasteiger partial charge on any atom is 0.243 e. The molecule has 1 saturated carbocycles. The van der Waals surface area contributed by atoms with Gasteiger partial charge in [0.25, 0.3) is 0 Å². The van der Waals surface area contributed by atoms with Gasteiger partial charge in [-0.15, -0.1) is 0 Å². The fourth-order valence-electron chi connectivity index (χ4n) is 2.45. The van der Waals surface area contributed by atoms with Crippen LogP contribution in [-0.2, 0) is 4.79 Å². The molecule has 0 aliphatic heterocycles. The lowest BCUT2D eigenvalue weighted by Gasteiger charge is -2.29. The van der Waals surface area contributed by atoms with Crippen LogP contribution in [0.25, 0.3) is 0 Å². The van der Waals surface area contributed by atoms with E-state index in [1.807, 2.05) is 0 Å². The van der Waals surface area contributed by atoms with Crippen LogP contribution in [0.3, 0.4) is 0 Å². The van der Waals surface area contributed by atoms with Crippen LogP contribution in [0.1, 0.15) is 46.5 Å². The Kier molecular flexibility index (Phi) is 6.82. The number of hydrogen-bond acceptors (Lipinski definition) is 2. The van der Waals surface area contributed by atoms with E-state index in [4.69, 9.17) is 0 Å². The van der Waals surface area contributed by atoms with Crippen LogP contribution in [0.15, 0.2) is 4.99 Å². The SMILES string of the molecule is CC1CCCC(NC(=NCC(=O)N(C)C)NC(C)C)C1. The first-order valence-electron chi connectivity index (χ1n) is 7.66. The van der Waals surface area contributed by atoms with E-state index < -0.39 is 0 Å². The van der Waals surface area contributed by atoms with Gasteiger partial charge in [-0.2, -0.15) is 0 Å². The number of rotatable bonds is 4. The van der Waals surface area contributed by atoms with Crippen LogP contribution in [0.4, 0.5) is 0 Å². The standard InChI is InChI=1S/C15H30N4O/c1-11(2)17-15(16-10-14(20)19(4)5)18-13-8-6-7-12(3)9-13/h11-13H,6-10H2,1-5H3,(H2,16,17,18). The van der Waals surface area contributed by atoms with Gasteiger partial charge in [-0.1, -0.05) is 19.8 Å². The van der Waals surface area contributed by atoms with E-state index in [9.17, 15) is 4.79 Å². The van der Waals surface area contributed by atoms with Crippen molar-refractivity contribution in [3.63, 3.8) is 0 Å². The van der Waals surface area contributed by atoms with Crippen molar-refractivity contribution in [2.45, 2.75) is 58.5 Å². The molecule has 0 heterocycles. The van der Waals surface area contributed by atoms with E-state index in [0.717, 1.165) is 11.9 Å². The second kappa shape index (κ2) is 8.12. The maximum atomic E-state index is 11.6. The molecule has 0 radical (unpaired) electrons. The molecule has 1 rings (SSSR count). The minimum atomic E-state index is 0.0202. The summed E-state index contributed by atoms with van der Waals surface area (Å²) in [5, 5.41) is 6.78. The first-order chi connectivity index (χ1) is 9.38. The minimum Gasteiger partial charge on any atom is -0.354 e. The smallest absolute Gasteiger partial charge is 0.243 e. The Morgan fingerprint density at radius 2 is 2.05 bits per heavy atom. The third-order valence-electron chi connectivity index (χ3n) is 3.57. The molecule has 5 heteroatoms. The average molecular weight is 282 g/mol. The summed E-state index contributed by atoms with van der Waals surface area (Å²) in [5.74, 6) is 1.55. The lowest BCUT2D eigenvalue weighted by Crippen LogP contribution is -2.47. The number of hydrogen-bond donors (Lipinski definition) is 2. The lowest BCUT2D eigenvalue weighted by molar-refractivity contribution is -0.127. The Hall–Kier alpha value is -1.26. The Labute approximate surface area is 123 Å². The van der Waals surface area contributed by atoms with Crippen molar-refractivity contribution in [3.05, 3.63) is 0 Å². The fourth-order valence-corrected chi connectivity index (χ4v) is 2.45.